The van der Waals surface area contributed by atoms with Crippen molar-refractivity contribution >= 4 is 11.9 Å². The van der Waals surface area contributed by atoms with Crippen molar-refractivity contribution in [1.82, 2.24) is 10.2 Å². The molecule has 0 saturated heterocycles. The van der Waals surface area contributed by atoms with Gasteiger partial charge >= 0.3 is 6.01 Å². The third-order valence-electron chi connectivity index (χ3n) is 3.12. The maximum absolute atomic E-state index is 11.5. The van der Waals surface area contributed by atoms with E-state index in [1.54, 1.807) is 0 Å². The molecule has 1 aliphatic carbocycles. The Bertz CT molecular complexity index is 585. The van der Waals surface area contributed by atoms with Crippen molar-refractivity contribution in [2.75, 3.05) is 5.32 Å². The number of nitrogens with one attached hydrogen (secondary N) is 1. The van der Waals surface area contributed by atoms with Gasteiger partial charge < -0.3 is 4.42 Å². The Morgan fingerprint density at radius 1 is 1.32 bits per heavy atom. The number of rotatable bonds is 4. The summed E-state index contributed by atoms with van der Waals surface area (Å²) in [6, 6.07) is 8.34. The fourth-order valence-electron chi connectivity index (χ4n) is 1.81. The Hall–Kier alpha value is -2.17. The highest BCUT2D eigenvalue weighted by molar-refractivity contribution is 5.92. The second-order valence-corrected chi connectivity index (χ2v) is 4.93. The first-order valence-electron chi connectivity index (χ1n) is 6.39. The number of hydrogen-bond acceptors (Lipinski definition) is 4. The van der Waals surface area contributed by atoms with Gasteiger partial charge in [0.1, 0.15) is 0 Å². The van der Waals surface area contributed by atoms with Crippen molar-refractivity contribution in [2.45, 2.75) is 26.2 Å². The van der Waals surface area contributed by atoms with Crippen LogP contribution in [0.15, 0.2) is 28.7 Å². The van der Waals surface area contributed by atoms with Crippen molar-refractivity contribution < 1.29 is 9.21 Å². The largest absolute Gasteiger partial charge is 0.407 e. The summed E-state index contributed by atoms with van der Waals surface area (Å²) in [6.45, 7) is 2.04. The summed E-state index contributed by atoms with van der Waals surface area (Å²) in [5.74, 6) is 0.618. The Labute approximate surface area is 111 Å². The average molecular weight is 257 g/mol. The fourth-order valence-corrected chi connectivity index (χ4v) is 1.81. The molecule has 0 radical (unpaired) electrons. The second kappa shape index (κ2) is 4.84. The van der Waals surface area contributed by atoms with E-state index < -0.39 is 0 Å². The van der Waals surface area contributed by atoms with Crippen LogP contribution in [0.4, 0.5) is 6.01 Å². The monoisotopic (exact) mass is 257 g/mol. The molecule has 1 aromatic carbocycles. The van der Waals surface area contributed by atoms with E-state index >= 15 is 0 Å². The minimum Gasteiger partial charge on any atom is -0.407 e. The molecule has 0 aliphatic heterocycles. The summed E-state index contributed by atoms with van der Waals surface area (Å²) in [7, 11) is 0. The number of aromatic nitrogens is 2. The van der Waals surface area contributed by atoms with Crippen molar-refractivity contribution in [3.05, 3.63) is 41.3 Å². The number of amides is 1. The number of aryl methyl sites for hydroxylation is 1. The molecule has 1 heterocycles. The van der Waals surface area contributed by atoms with E-state index in [0.717, 1.165) is 18.4 Å². The molecule has 5 nitrogen and oxygen atoms in total. The van der Waals surface area contributed by atoms with Crippen LogP contribution >= 0.6 is 0 Å². The molecule has 1 aromatic heterocycles. The molecule has 1 saturated carbocycles. The third kappa shape index (κ3) is 2.99. The molecule has 2 aromatic rings. The van der Waals surface area contributed by atoms with Crippen LogP contribution in [0.1, 0.15) is 29.9 Å². The van der Waals surface area contributed by atoms with Crippen LogP contribution in [-0.4, -0.2) is 16.1 Å². The summed E-state index contributed by atoms with van der Waals surface area (Å²) in [5, 5.41) is 10.4. The van der Waals surface area contributed by atoms with E-state index in [1.165, 1.54) is 5.56 Å². The molecule has 1 fully saturated rings. The van der Waals surface area contributed by atoms with Gasteiger partial charge in [0.05, 0.1) is 6.42 Å². The van der Waals surface area contributed by atoms with E-state index in [1.807, 2.05) is 31.2 Å². The normalized spacial score (nSPS) is 14.4. The number of hydrogen-bond donors (Lipinski definition) is 1. The highest BCUT2D eigenvalue weighted by Crippen LogP contribution is 2.30. The summed E-state index contributed by atoms with van der Waals surface area (Å²) in [5.41, 5.74) is 2.32. The van der Waals surface area contributed by atoms with Crippen LogP contribution < -0.4 is 5.32 Å². The first-order valence-corrected chi connectivity index (χ1v) is 6.39. The van der Waals surface area contributed by atoms with Crippen molar-refractivity contribution in [1.29, 1.82) is 0 Å². The van der Waals surface area contributed by atoms with E-state index in [-0.39, 0.29) is 17.8 Å². The highest BCUT2D eigenvalue weighted by Gasteiger charge is 2.30. The van der Waals surface area contributed by atoms with Crippen LogP contribution in [-0.2, 0) is 11.2 Å². The molecule has 0 atom stereocenters. The fraction of sp³-hybridized carbons (Fsp3) is 0.357. The molecule has 1 amide bonds. The quantitative estimate of drug-likeness (QED) is 0.912. The van der Waals surface area contributed by atoms with Crippen LogP contribution in [0, 0.1) is 12.8 Å². The number of benzene rings is 1. The lowest BCUT2D eigenvalue weighted by Crippen LogP contribution is -2.13. The number of nitrogens with zero attached hydrogens (tertiary/aromatic N) is 2. The van der Waals surface area contributed by atoms with E-state index in [4.69, 9.17) is 4.42 Å². The van der Waals surface area contributed by atoms with Gasteiger partial charge in [0.25, 0.3) is 0 Å². The first kappa shape index (κ1) is 11.9. The number of anilines is 1. The Balaban J connectivity index is 1.64. The molecule has 1 aliphatic rings. The topological polar surface area (TPSA) is 68.0 Å². The van der Waals surface area contributed by atoms with Crippen LogP contribution in [0.3, 0.4) is 0 Å². The average Bonchev–Trinajstić information content (AvgIpc) is 3.16. The van der Waals surface area contributed by atoms with E-state index in [2.05, 4.69) is 15.5 Å². The molecule has 19 heavy (non-hydrogen) atoms. The van der Waals surface area contributed by atoms with Gasteiger partial charge in [-0.1, -0.05) is 34.9 Å². The molecule has 98 valence electrons. The van der Waals surface area contributed by atoms with E-state index in [9.17, 15) is 4.79 Å². The van der Waals surface area contributed by atoms with Crippen molar-refractivity contribution in [2.24, 2.45) is 5.92 Å². The Morgan fingerprint density at radius 3 is 2.74 bits per heavy atom. The zero-order valence-corrected chi connectivity index (χ0v) is 10.7. The van der Waals surface area contributed by atoms with Crippen LogP contribution in [0.2, 0.25) is 0 Å². The van der Waals surface area contributed by atoms with Gasteiger partial charge in [-0.3, -0.25) is 10.1 Å². The van der Waals surface area contributed by atoms with Crippen molar-refractivity contribution in [3.8, 4) is 0 Å². The molecule has 5 heteroatoms. The Morgan fingerprint density at radius 2 is 2.05 bits per heavy atom. The lowest BCUT2D eigenvalue weighted by molar-refractivity contribution is -0.117. The minimum absolute atomic E-state index is 0.0227. The van der Waals surface area contributed by atoms with Gasteiger partial charge in [-0.25, -0.2) is 0 Å². The number of carbonyl (C=O) groups is 1. The third-order valence-corrected chi connectivity index (χ3v) is 3.12. The summed E-state index contributed by atoms with van der Waals surface area (Å²) < 4.78 is 5.41. The van der Waals surface area contributed by atoms with Crippen LogP contribution in [0.5, 0.6) is 0 Å². The maximum atomic E-state index is 11.5. The van der Waals surface area contributed by atoms with Gasteiger partial charge in [0.2, 0.25) is 11.8 Å². The lowest BCUT2D eigenvalue weighted by atomic mass is 10.1. The highest BCUT2D eigenvalue weighted by atomic mass is 16.4. The minimum atomic E-state index is -0.0227. The van der Waals surface area contributed by atoms with Gasteiger partial charge in [0, 0.05) is 5.92 Å². The summed E-state index contributed by atoms with van der Waals surface area (Å²) >= 11 is 0. The predicted octanol–water partition coefficient (Wildman–Crippen LogP) is 2.32. The lowest BCUT2D eigenvalue weighted by Gasteiger charge is -1.98. The van der Waals surface area contributed by atoms with Gasteiger partial charge in [-0.05, 0) is 25.3 Å². The predicted molar refractivity (Wildman–Crippen MR) is 69.6 cm³/mol. The van der Waals surface area contributed by atoms with Gasteiger partial charge in [0.15, 0.2) is 0 Å². The van der Waals surface area contributed by atoms with E-state index in [0.29, 0.717) is 12.3 Å². The SMILES string of the molecule is Cc1ccc(Cc2nnc(NC(=O)C3CC3)o2)cc1. The first-order chi connectivity index (χ1) is 9.20. The molecule has 3 rings (SSSR count). The summed E-state index contributed by atoms with van der Waals surface area (Å²) in [4.78, 5) is 11.5. The number of carbonyl (C=O) groups excluding carboxylic acids is 1. The molecular weight excluding hydrogens is 242 g/mol. The molecule has 0 unspecified atom stereocenters. The smallest absolute Gasteiger partial charge is 0.322 e. The zero-order chi connectivity index (χ0) is 13.2. The molecule has 1 N–H and O–H groups in total. The van der Waals surface area contributed by atoms with Gasteiger partial charge in [-0.15, -0.1) is 5.10 Å². The molecule has 0 spiro atoms. The Kier molecular flexibility index (Phi) is 3.03. The summed E-state index contributed by atoms with van der Waals surface area (Å²) in [6.07, 6.45) is 2.49. The van der Waals surface area contributed by atoms with Crippen molar-refractivity contribution in [3.63, 3.8) is 0 Å². The maximum Gasteiger partial charge on any atom is 0.322 e. The van der Waals surface area contributed by atoms with Crippen LogP contribution in [0.25, 0.3) is 0 Å². The molecule has 0 bridgehead atoms. The molecular formula is C14H15N3O2. The van der Waals surface area contributed by atoms with Gasteiger partial charge in [-0.2, -0.15) is 0 Å². The second-order valence-electron chi connectivity index (χ2n) is 4.93. The standard InChI is InChI=1S/C14H15N3O2/c1-9-2-4-10(5-3-9)8-12-16-17-14(19-12)15-13(18)11-6-7-11/h2-5,11H,6-8H2,1H3,(H,15,17,18). The zero-order valence-electron chi connectivity index (χ0n) is 10.7.